The van der Waals surface area contributed by atoms with Gasteiger partial charge < -0.3 is 9.42 Å². The number of benzene rings is 1. The van der Waals surface area contributed by atoms with E-state index in [2.05, 4.69) is 25.4 Å². The highest BCUT2D eigenvalue weighted by molar-refractivity contribution is 5.93. The number of likely N-dealkylation sites (tertiary alicyclic amines) is 1. The van der Waals surface area contributed by atoms with Crippen molar-refractivity contribution in [3.63, 3.8) is 0 Å². The molecule has 9 nitrogen and oxygen atoms in total. The van der Waals surface area contributed by atoms with E-state index in [1.165, 1.54) is 0 Å². The average molecular weight is 401 g/mol. The van der Waals surface area contributed by atoms with Crippen molar-refractivity contribution in [3.05, 3.63) is 66.6 Å². The molecule has 1 aromatic carbocycles. The van der Waals surface area contributed by atoms with Crippen molar-refractivity contribution in [1.29, 1.82) is 0 Å². The average Bonchev–Trinajstić information content (AvgIpc) is 3.50. The minimum absolute atomic E-state index is 0.0162. The summed E-state index contributed by atoms with van der Waals surface area (Å²) >= 11 is 0. The number of carbonyl (C=O) groups is 1. The van der Waals surface area contributed by atoms with Crippen LogP contribution in [0.1, 0.15) is 29.2 Å². The largest absolute Gasteiger partial charge is 0.336 e. The molecule has 4 heterocycles. The summed E-state index contributed by atoms with van der Waals surface area (Å²) in [4.78, 5) is 23.1. The van der Waals surface area contributed by atoms with E-state index in [0.717, 1.165) is 24.9 Å². The van der Waals surface area contributed by atoms with Crippen LogP contribution in [-0.2, 0) is 0 Å². The van der Waals surface area contributed by atoms with E-state index in [1.807, 2.05) is 35.2 Å². The van der Waals surface area contributed by atoms with Gasteiger partial charge in [0.2, 0.25) is 5.82 Å². The molecular formula is C21H19N7O2. The fourth-order valence-corrected chi connectivity index (χ4v) is 3.61. The standard InChI is InChI=1S/C21H19N7O2/c29-21(16-8-4-10-22-12-16)27-11-5-9-17(13-27)28-14-18(24-26-28)20-23-19(25-30-20)15-6-2-1-3-7-15/h1-4,6-8,10,12,14,17H,5,9,11,13H2/t17-/m0/s1. The van der Waals surface area contributed by atoms with Gasteiger partial charge in [-0.15, -0.1) is 5.10 Å². The maximum atomic E-state index is 12.7. The number of nitrogens with zero attached hydrogens (tertiary/aromatic N) is 7. The first-order valence-corrected chi connectivity index (χ1v) is 9.78. The predicted molar refractivity (Wildman–Crippen MR) is 107 cm³/mol. The van der Waals surface area contributed by atoms with Gasteiger partial charge in [-0.25, -0.2) is 4.68 Å². The van der Waals surface area contributed by atoms with Crippen LogP contribution in [0.4, 0.5) is 0 Å². The van der Waals surface area contributed by atoms with Crippen molar-refractivity contribution < 1.29 is 9.32 Å². The smallest absolute Gasteiger partial charge is 0.280 e. The van der Waals surface area contributed by atoms with Crippen LogP contribution in [-0.4, -0.2) is 54.0 Å². The zero-order chi connectivity index (χ0) is 20.3. The van der Waals surface area contributed by atoms with Crippen LogP contribution in [0, 0.1) is 0 Å². The molecule has 30 heavy (non-hydrogen) atoms. The second-order valence-electron chi connectivity index (χ2n) is 7.16. The van der Waals surface area contributed by atoms with E-state index in [9.17, 15) is 4.79 Å². The number of amides is 1. The molecule has 0 unspecified atom stereocenters. The van der Waals surface area contributed by atoms with Crippen molar-refractivity contribution in [3.8, 4) is 23.0 Å². The first-order valence-electron chi connectivity index (χ1n) is 9.78. The third-order valence-corrected chi connectivity index (χ3v) is 5.15. The molecule has 0 N–H and O–H groups in total. The van der Waals surface area contributed by atoms with Crippen LogP contribution in [0.15, 0.2) is 65.6 Å². The summed E-state index contributed by atoms with van der Waals surface area (Å²) in [6, 6.07) is 13.2. The Labute approximate surface area is 172 Å². The minimum atomic E-state index is -0.0162. The molecule has 0 radical (unpaired) electrons. The van der Waals surface area contributed by atoms with Gasteiger partial charge in [0.25, 0.3) is 11.8 Å². The molecule has 9 heteroatoms. The second-order valence-corrected chi connectivity index (χ2v) is 7.16. The summed E-state index contributed by atoms with van der Waals surface area (Å²) in [6.45, 7) is 1.28. The number of aromatic nitrogens is 6. The topological polar surface area (TPSA) is 103 Å². The van der Waals surface area contributed by atoms with E-state index < -0.39 is 0 Å². The SMILES string of the molecule is O=C(c1cccnc1)N1CCC[C@H](n2cc(-c3nc(-c4ccccc4)no3)nn2)C1. The third-order valence-electron chi connectivity index (χ3n) is 5.15. The van der Waals surface area contributed by atoms with Crippen LogP contribution in [0.3, 0.4) is 0 Å². The van der Waals surface area contributed by atoms with Crippen LogP contribution >= 0.6 is 0 Å². The van der Waals surface area contributed by atoms with Crippen molar-refractivity contribution in [1.82, 2.24) is 35.0 Å². The molecule has 1 saturated heterocycles. The lowest BCUT2D eigenvalue weighted by Crippen LogP contribution is -2.40. The molecule has 1 aliphatic rings. The van der Waals surface area contributed by atoms with E-state index in [0.29, 0.717) is 29.5 Å². The summed E-state index contributed by atoms with van der Waals surface area (Å²) in [6.07, 6.45) is 6.86. The molecule has 1 atom stereocenters. The highest BCUT2D eigenvalue weighted by Crippen LogP contribution is 2.25. The first kappa shape index (κ1) is 18.2. The highest BCUT2D eigenvalue weighted by Gasteiger charge is 2.27. The first-order chi connectivity index (χ1) is 14.8. The zero-order valence-corrected chi connectivity index (χ0v) is 16.1. The molecule has 150 valence electrons. The molecule has 4 aromatic rings. The lowest BCUT2D eigenvalue weighted by molar-refractivity contribution is 0.0671. The summed E-state index contributed by atoms with van der Waals surface area (Å²) in [5, 5.41) is 12.5. The number of carbonyl (C=O) groups excluding carboxylic acids is 1. The van der Waals surface area contributed by atoms with Crippen LogP contribution in [0.2, 0.25) is 0 Å². The number of hydrogen-bond acceptors (Lipinski definition) is 7. The fourth-order valence-electron chi connectivity index (χ4n) is 3.61. The lowest BCUT2D eigenvalue weighted by Gasteiger charge is -2.32. The van der Waals surface area contributed by atoms with Gasteiger partial charge in [-0.2, -0.15) is 4.98 Å². The van der Waals surface area contributed by atoms with Gasteiger partial charge in [-0.05, 0) is 25.0 Å². The van der Waals surface area contributed by atoms with Gasteiger partial charge in [0.05, 0.1) is 17.8 Å². The van der Waals surface area contributed by atoms with Gasteiger partial charge >= 0.3 is 0 Å². The molecule has 0 bridgehead atoms. The van der Waals surface area contributed by atoms with Gasteiger partial charge in [-0.1, -0.05) is 40.7 Å². The molecule has 1 fully saturated rings. The summed E-state index contributed by atoms with van der Waals surface area (Å²) < 4.78 is 7.16. The Bertz CT molecular complexity index is 1140. The Hall–Kier alpha value is -3.88. The Morgan fingerprint density at radius 3 is 2.87 bits per heavy atom. The van der Waals surface area contributed by atoms with Crippen molar-refractivity contribution in [2.45, 2.75) is 18.9 Å². The Kier molecular flexibility index (Phi) is 4.76. The Morgan fingerprint density at radius 2 is 2.03 bits per heavy atom. The summed E-state index contributed by atoms with van der Waals surface area (Å²) in [7, 11) is 0. The van der Waals surface area contributed by atoms with Crippen molar-refractivity contribution in [2.75, 3.05) is 13.1 Å². The van der Waals surface area contributed by atoms with Crippen molar-refractivity contribution in [2.24, 2.45) is 0 Å². The Morgan fingerprint density at radius 1 is 1.13 bits per heavy atom. The predicted octanol–water partition coefficient (Wildman–Crippen LogP) is 2.87. The lowest BCUT2D eigenvalue weighted by atomic mass is 10.0. The molecule has 0 aliphatic carbocycles. The number of pyridine rings is 1. The fraction of sp³-hybridized carbons (Fsp3) is 0.238. The van der Waals surface area contributed by atoms with Crippen LogP contribution in [0.25, 0.3) is 23.0 Å². The number of rotatable bonds is 4. The molecule has 0 saturated carbocycles. The zero-order valence-electron chi connectivity index (χ0n) is 16.1. The molecule has 5 rings (SSSR count). The molecule has 0 spiro atoms. The van der Waals surface area contributed by atoms with Gasteiger partial charge in [0.1, 0.15) is 0 Å². The molecule has 1 aliphatic heterocycles. The second kappa shape index (κ2) is 7.86. The van der Waals surface area contributed by atoms with Gasteiger partial charge in [-0.3, -0.25) is 9.78 Å². The van der Waals surface area contributed by atoms with Crippen LogP contribution in [0.5, 0.6) is 0 Å². The van der Waals surface area contributed by atoms with E-state index in [-0.39, 0.29) is 11.9 Å². The van der Waals surface area contributed by atoms with E-state index in [1.54, 1.807) is 35.4 Å². The maximum absolute atomic E-state index is 12.7. The molecular weight excluding hydrogens is 382 g/mol. The highest BCUT2D eigenvalue weighted by atomic mass is 16.5. The molecule has 3 aromatic heterocycles. The minimum Gasteiger partial charge on any atom is -0.336 e. The third kappa shape index (κ3) is 3.57. The van der Waals surface area contributed by atoms with Crippen molar-refractivity contribution >= 4 is 5.91 Å². The maximum Gasteiger partial charge on any atom is 0.280 e. The van der Waals surface area contributed by atoms with Gasteiger partial charge in [0, 0.05) is 31.0 Å². The Balaban J connectivity index is 1.32. The quantitative estimate of drug-likeness (QED) is 0.518. The summed E-state index contributed by atoms with van der Waals surface area (Å²) in [5.41, 5.74) is 1.98. The monoisotopic (exact) mass is 401 g/mol. The molecule has 1 amide bonds. The number of hydrogen-bond donors (Lipinski definition) is 0. The van der Waals surface area contributed by atoms with Crippen LogP contribution < -0.4 is 0 Å². The van der Waals surface area contributed by atoms with E-state index in [4.69, 9.17) is 4.52 Å². The number of piperidine rings is 1. The normalized spacial score (nSPS) is 16.5. The van der Waals surface area contributed by atoms with E-state index >= 15 is 0 Å². The summed E-state index contributed by atoms with van der Waals surface area (Å²) in [5.74, 6) is 0.808. The van der Waals surface area contributed by atoms with Gasteiger partial charge in [0.15, 0.2) is 5.69 Å².